The van der Waals surface area contributed by atoms with Gasteiger partial charge < -0.3 is 25.2 Å². The molecule has 108 valence electrons. The summed E-state index contributed by atoms with van der Waals surface area (Å²) in [6.07, 6.45) is 2.32. The molecule has 0 aromatic carbocycles. The number of hydrogen-bond donors (Lipinski definition) is 3. The van der Waals surface area contributed by atoms with Crippen LogP contribution in [0.1, 0.15) is 19.3 Å². The molecule has 7 nitrogen and oxygen atoms in total. The predicted molar refractivity (Wildman–Crippen MR) is 65.9 cm³/mol. The van der Waals surface area contributed by atoms with Crippen LogP contribution in [-0.2, 0) is 14.3 Å². The minimum absolute atomic E-state index is 0.0162. The van der Waals surface area contributed by atoms with E-state index in [1.54, 1.807) is 0 Å². The second-order valence-electron chi connectivity index (χ2n) is 5.11. The van der Waals surface area contributed by atoms with Crippen LogP contribution in [0.15, 0.2) is 0 Å². The second-order valence-corrected chi connectivity index (χ2v) is 5.11. The Labute approximate surface area is 111 Å². The van der Waals surface area contributed by atoms with Gasteiger partial charge in [-0.2, -0.15) is 0 Å². The molecule has 2 unspecified atom stereocenters. The Kier molecular flexibility index (Phi) is 4.60. The summed E-state index contributed by atoms with van der Waals surface area (Å²) in [4.78, 5) is 23.0. The molecule has 2 heterocycles. The van der Waals surface area contributed by atoms with E-state index in [0.29, 0.717) is 32.1 Å². The average molecular weight is 272 g/mol. The molecule has 2 aliphatic heterocycles. The van der Waals surface area contributed by atoms with E-state index < -0.39 is 17.5 Å². The van der Waals surface area contributed by atoms with Crippen LogP contribution in [0.5, 0.6) is 0 Å². The maximum absolute atomic E-state index is 11.8. The SMILES string of the molecule is O=C(NCC1CCCOC1)NC1(C(=O)O)CCOC1. The Morgan fingerprint density at radius 2 is 2.16 bits per heavy atom. The Morgan fingerprint density at radius 1 is 1.32 bits per heavy atom. The summed E-state index contributed by atoms with van der Waals surface area (Å²) < 4.78 is 10.4. The summed E-state index contributed by atoms with van der Waals surface area (Å²) in [5.74, 6) is -0.749. The molecule has 0 radical (unpaired) electrons. The largest absolute Gasteiger partial charge is 0.479 e. The number of carboxylic acid groups (broad SMARTS) is 1. The Bertz CT molecular complexity index is 335. The summed E-state index contributed by atoms with van der Waals surface area (Å²) in [7, 11) is 0. The molecular weight excluding hydrogens is 252 g/mol. The lowest BCUT2D eigenvalue weighted by atomic mass is 9.99. The van der Waals surface area contributed by atoms with E-state index in [9.17, 15) is 14.7 Å². The number of carbonyl (C=O) groups excluding carboxylic acids is 1. The van der Waals surface area contributed by atoms with E-state index in [-0.39, 0.29) is 6.61 Å². The fraction of sp³-hybridized carbons (Fsp3) is 0.833. The molecule has 2 amide bonds. The maximum Gasteiger partial charge on any atom is 0.332 e. The number of amides is 2. The number of hydrogen-bond acceptors (Lipinski definition) is 4. The van der Waals surface area contributed by atoms with Crippen molar-refractivity contribution in [3.05, 3.63) is 0 Å². The summed E-state index contributed by atoms with van der Waals surface area (Å²) >= 11 is 0. The van der Waals surface area contributed by atoms with E-state index >= 15 is 0 Å². The second kappa shape index (κ2) is 6.21. The molecule has 0 saturated carbocycles. The van der Waals surface area contributed by atoms with Gasteiger partial charge in [-0.25, -0.2) is 9.59 Å². The minimum atomic E-state index is -1.28. The number of carbonyl (C=O) groups is 2. The minimum Gasteiger partial charge on any atom is -0.479 e. The number of carboxylic acids is 1. The zero-order chi connectivity index (χ0) is 13.7. The molecule has 0 aromatic heterocycles. The third-order valence-corrected chi connectivity index (χ3v) is 3.59. The predicted octanol–water partition coefficient (Wildman–Crippen LogP) is -0.0441. The third kappa shape index (κ3) is 3.57. The zero-order valence-electron chi connectivity index (χ0n) is 10.8. The molecule has 0 aliphatic carbocycles. The summed E-state index contributed by atoms with van der Waals surface area (Å²) in [6, 6.07) is -0.460. The maximum atomic E-state index is 11.8. The normalized spacial score (nSPS) is 30.8. The van der Waals surface area contributed by atoms with Crippen molar-refractivity contribution in [1.82, 2.24) is 10.6 Å². The lowest BCUT2D eigenvalue weighted by molar-refractivity contribution is -0.144. The molecule has 7 heteroatoms. The zero-order valence-corrected chi connectivity index (χ0v) is 10.8. The highest BCUT2D eigenvalue weighted by atomic mass is 16.5. The van der Waals surface area contributed by atoms with Gasteiger partial charge in [-0.3, -0.25) is 0 Å². The van der Waals surface area contributed by atoms with Crippen LogP contribution >= 0.6 is 0 Å². The highest BCUT2D eigenvalue weighted by Crippen LogP contribution is 2.19. The van der Waals surface area contributed by atoms with Crippen LogP contribution in [0.4, 0.5) is 4.79 Å². The number of urea groups is 1. The van der Waals surface area contributed by atoms with Crippen molar-refractivity contribution in [1.29, 1.82) is 0 Å². The van der Waals surface area contributed by atoms with Gasteiger partial charge in [0.1, 0.15) is 0 Å². The van der Waals surface area contributed by atoms with Gasteiger partial charge in [0.25, 0.3) is 0 Å². The highest BCUT2D eigenvalue weighted by Gasteiger charge is 2.44. The van der Waals surface area contributed by atoms with Gasteiger partial charge in [0, 0.05) is 26.2 Å². The van der Waals surface area contributed by atoms with Crippen molar-refractivity contribution in [3.8, 4) is 0 Å². The van der Waals surface area contributed by atoms with Gasteiger partial charge in [0.2, 0.25) is 0 Å². The molecule has 2 rings (SSSR count). The van der Waals surface area contributed by atoms with Gasteiger partial charge >= 0.3 is 12.0 Å². The van der Waals surface area contributed by atoms with Crippen molar-refractivity contribution in [3.63, 3.8) is 0 Å². The smallest absolute Gasteiger partial charge is 0.332 e. The molecule has 19 heavy (non-hydrogen) atoms. The third-order valence-electron chi connectivity index (χ3n) is 3.59. The van der Waals surface area contributed by atoms with Crippen LogP contribution in [0.2, 0.25) is 0 Å². The number of nitrogens with one attached hydrogen (secondary N) is 2. The average Bonchev–Trinajstić information content (AvgIpc) is 2.87. The van der Waals surface area contributed by atoms with E-state index in [1.165, 1.54) is 0 Å². The lowest BCUT2D eigenvalue weighted by Gasteiger charge is -2.26. The molecule has 0 bridgehead atoms. The van der Waals surface area contributed by atoms with E-state index in [4.69, 9.17) is 9.47 Å². The molecule has 0 aromatic rings. The topological polar surface area (TPSA) is 96.9 Å². The monoisotopic (exact) mass is 272 g/mol. The van der Waals surface area contributed by atoms with Crippen molar-refractivity contribution < 1.29 is 24.2 Å². The Morgan fingerprint density at radius 3 is 2.74 bits per heavy atom. The number of aliphatic carboxylic acids is 1. The Hall–Kier alpha value is -1.34. The van der Waals surface area contributed by atoms with Crippen molar-refractivity contribution in [2.45, 2.75) is 24.8 Å². The molecular formula is C12H20N2O5. The van der Waals surface area contributed by atoms with Gasteiger partial charge in [0.05, 0.1) is 13.2 Å². The van der Waals surface area contributed by atoms with Crippen LogP contribution in [-0.4, -0.2) is 55.6 Å². The van der Waals surface area contributed by atoms with Gasteiger partial charge in [-0.15, -0.1) is 0 Å². The fourth-order valence-corrected chi connectivity index (χ4v) is 2.35. The Balaban J connectivity index is 1.78. The molecule has 2 fully saturated rings. The first-order valence-corrected chi connectivity index (χ1v) is 6.57. The number of ether oxygens (including phenoxy) is 2. The first-order chi connectivity index (χ1) is 9.12. The van der Waals surface area contributed by atoms with E-state index in [2.05, 4.69) is 10.6 Å². The highest BCUT2D eigenvalue weighted by molar-refractivity contribution is 5.86. The molecule has 3 N–H and O–H groups in total. The fourth-order valence-electron chi connectivity index (χ4n) is 2.35. The summed E-state index contributed by atoms with van der Waals surface area (Å²) in [5.41, 5.74) is -1.28. The van der Waals surface area contributed by atoms with Crippen molar-refractivity contribution in [2.24, 2.45) is 5.92 Å². The standard InChI is InChI=1S/C12H20N2O5/c15-10(16)12(3-5-19-8-12)14-11(17)13-6-9-2-1-4-18-7-9/h9H,1-8H2,(H,15,16)(H2,13,14,17). The lowest BCUT2D eigenvalue weighted by Crippen LogP contribution is -2.58. The molecule has 2 aliphatic rings. The van der Waals surface area contributed by atoms with E-state index in [0.717, 1.165) is 19.4 Å². The number of rotatable bonds is 4. The van der Waals surface area contributed by atoms with Crippen LogP contribution in [0.3, 0.4) is 0 Å². The van der Waals surface area contributed by atoms with Crippen molar-refractivity contribution in [2.75, 3.05) is 33.0 Å². The first kappa shape index (κ1) is 14.1. The summed E-state index contributed by atoms with van der Waals surface area (Å²) in [6.45, 7) is 2.29. The van der Waals surface area contributed by atoms with Crippen LogP contribution in [0, 0.1) is 5.92 Å². The van der Waals surface area contributed by atoms with Crippen molar-refractivity contribution >= 4 is 12.0 Å². The molecule has 2 atom stereocenters. The van der Waals surface area contributed by atoms with Gasteiger partial charge in [0.15, 0.2) is 5.54 Å². The molecule has 2 saturated heterocycles. The quantitative estimate of drug-likeness (QED) is 0.667. The van der Waals surface area contributed by atoms with Crippen LogP contribution in [0.25, 0.3) is 0 Å². The summed E-state index contributed by atoms with van der Waals surface area (Å²) in [5, 5.41) is 14.4. The van der Waals surface area contributed by atoms with Gasteiger partial charge in [-0.05, 0) is 18.8 Å². The van der Waals surface area contributed by atoms with Gasteiger partial charge in [-0.1, -0.05) is 0 Å². The first-order valence-electron chi connectivity index (χ1n) is 6.57. The molecule has 0 spiro atoms. The van der Waals surface area contributed by atoms with Crippen LogP contribution < -0.4 is 10.6 Å². The van der Waals surface area contributed by atoms with E-state index in [1.807, 2.05) is 0 Å².